The summed E-state index contributed by atoms with van der Waals surface area (Å²) in [6.45, 7) is 2.83. The minimum atomic E-state index is -4.65. The number of likely N-dealkylation sites (tertiary alicyclic amines) is 1. The highest BCUT2D eigenvalue weighted by Gasteiger charge is 2.39. The summed E-state index contributed by atoms with van der Waals surface area (Å²) in [6, 6.07) is 0. The molecule has 1 N–H and O–H groups in total. The van der Waals surface area contributed by atoms with E-state index in [9.17, 15) is 22.8 Å². The molecular weight excluding hydrogens is 345 g/mol. The van der Waals surface area contributed by atoms with E-state index in [4.69, 9.17) is 9.15 Å². The maximum atomic E-state index is 12.5. The molecule has 1 saturated heterocycles. The van der Waals surface area contributed by atoms with Gasteiger partial charge in [0, 0.05) is 5.92 Å². The smallest absolute Gasteiger partial charge is 0.465 e. The first-order chi connectivity index (χ1) is 11.8. The molecule has 1 amide bonds. The van der Waals surface area contributed by atoms with Gasteiger partial charge >= 0.3 is 18.0 Å². The number of rotatable bonds is 6. The number of carbonyl (C=O) groups excluding carboxylic acids is 2. The summed E-state index contributed by atoms with van der Waals surface area (Å²) in [5.74, 6) is -2.46. The first kappa shape index (κ1) is 19.2. The number of alkyl halides is 3. The lowest BCUT2D eigenvalue weighted by Crippen LogP contribution is -2.42. The molecule has 0 aromatic carbocycles. The molecule has 0 radical (unpaired) electrons. The van der Waals surface area contributed by atoms with Gasteiger partial charge in [0.2, 0.25) is 11.8 Å². The zero-order chi connectivity index (χ0) is 18.4. The lowest BCUT2D eigenvalue weighted by Gasteiger charge is -2.29. The highest BCUT2D eigenvalue weighted by Crippen LogP contribution is 2.32. The Morgan fingerprint density at radius 2 is 2.00 bits per heavy atom. The van der Waals surface area contributed by atoms with Crippen LogP contribution < -0.4 is 5.32 Å². The van der Waals surface area contributed by atoms with Crippen molar-refractivity contribution in [2.75, 3.05) is 32.8 Å². The molecule has 0 saturated carbocycles. The number of carbonyl (C=O) groups is 2. The Kier molecular flexibility index (Phi) is 6.34. The van der Waals surface area contributed by atoms with Gasteiger partial charge in [0.25, 0.3) is 0 Å². The average molecular weight is 364 g/mol. The lowest BCUT2D eigenvalue weighted by atomic mass is 9.97. The largest absolute Gasteiger partial charge is 0.470 e. The third-order valence-corrected chi connectivity index (χ3v) is 3.72. The quantitative estimate of drug-likeness (QED) is 0.751. The number of esters is 1. The van der Waals surface area contributed by atoms with Crippen molar-refractivity contribution < 1.29 is 31.9 Å². The molecule has 0 bridgehead atoms. The normalized spacial score (nSPS) is 16.6. The Morgan fingerprint density at radius 1 is 1.32 bits per heavy atom. The molecular formula is C14H19F3N4O4. The van der Waals surface area contributed by atoms with Crippen molar-refractivity contribution in [1.29, 1.82) is 0 Å². The molecule has 0 spiro atoms. The fourth-order valence-electron chi connectivity index (χ4n) is 2.49. The predicted molar refractivity (Wildman–Crippen MR) is 77.4 cm³/mol. The number of hydrogen-bond acceptors (Lipinski definition) is 7. The molecule has 11 heteroatoms. The number of ether oxygens (including phenoxy) is 1. The molecule has 2 rings (SSSR count). The minimum absolute atomic E-state index is 0.0289. The average Bonchev–Trinajstić information content (AvgIpc) is 3.04. The van der Waals surface area contributed by atoms with Gasteiger partial charge in [-0.3, -0.25) is 14.5 Å². The van der Waals surface area contributed by atoms with E-state index < -0.39 is 18.0 Å². The Hall–Kier alpha value is -2.17. The van der Waals surface area contributed by atoms with Gasteiger partial charge in [-0.2, -0.15) is 13.2 Å². The van der Waals surface area contributed by atoms with Crippen LogP contribution in [0.15, 0.2) is 4.42 Å². The maximum Gasteiger partial charge on any atom is 0.470 e. The van der Waals surface area contributed by atoms with Gasteiger partial charge < -0.3 is 14.5 Å². The number of nitrogens with zero attached hydrogens (tertiary/aromatic N) is 3. The van der Waals surface area contributed by atoms with Crippen molar-refractivity contribution >= 4 is 11.9 Å². The molecule has 1 aliphatic rings. The number of piperidine rings is 1. The molecule has 0 atom stereocenters. The number of halogens is 3. The molecule has 1 fully saturated rings. The van der Waals surface area contributed by atoms with Crippen LogP contribution in [0.25, 0.3) is 0 Å². The summed E-state index contributed by atoms with van der Waals surface area (Å²) in [7, 11) is 0. The van der Waals surface area contributed by atoms with E-state index in [-0.39, 0.29) is 37.4 Å². The Labute approximate surface area is 141 Å². The molecule has 140 valence electrons. The number of aromatic nitrogens is 2. The molecule has 1 aromatic heterocycles. The zero-order valence-electron chi connectivity index (χ0n) is 13.6. The third kappa shape index (κ3) is 5.69. The van der Waals surface area contributed by atoms with E-state index in [1.807, 2.05) is 4.90 Å². The van der Waals surface area contributed by atoms with Gasteiger partial charge in [0.1, 0.15) is 6.54 Å². The first-order valence-corrected chi connectivity index (χ1v) is 7.85. The lowest BCUT2D eigenvalue weighted by molar-refractivity contribution is -0.157. The van der Waals surface area contributed by atoms with Crippen LogP contribution >= 0.6 is 0 Å². The van der Waals surface area contributed by atoms with E-state index >= 15 is 0 Å². The Morgan fingerprint density at radius 3 is 2.56 bits per heavy atom. The second-order valence-corrected chi connectivity index (χ2v) is 5.58. The van der Waals surface area contributed by atoms with Crippen LogP contribution in [0.5, 0.6) is 0 Å². The zero-order valence-corrected chi connectivity index (χ0v) is 13.6. The van der Waals surface area contributed by atoms with Gasteiger partial charge in [0.05, 0.1) is 13.2 Å². The van der Waals surface area contributed by atoms with Crippen LogP contribution in [0, 0.1) is 0 Å². The molecule has 0 aliphatic carbocycles. The predicted octanol–water partition coefficient (Wildman–Crippen LogP) is 0.947. The van der Waals surface area contributed by atoms with Crippen molar-refractivity contribution in [3.05, 3.63) is 11.8 Å². The van der Waals surface area contributed by atoms with Gasteiger partial charge in [0.15, 0.2) is 0 Å². The third-order valence-electron chi connectivity index (χ3n) is 3.72. The summed E-state index contributed by atoms with van der Waals surface area (Å²) in [5, 5.41) is 8.95. The topological polar surface area (TPSA) is 97.6 Å². The highest BCUT2D eigenvalue weighted by molar-refractivity contribution is 5.83. The molecule has 8 nitrogen and oxygen atoms in total. The molecule has 1 aliphatic heterocycles. The van der Waals surface area contributed by atoms with E-state index in [0.717, 1.165) is 0 Å². The van der Waals surface area contributed by atoms with Crippen molar-refractivity contribution in [3.63, 3.8) is 0 Å². The summed E-state index contributed by atoms with van der Waals surface area (Å²) in [6.07, 6.45) is -3.64. The Balaban J connectivity index is 1.75. The summed E-state index contributed by atoms with van der Waals surface area (Å²) in [4.78, 5) is 24.8. The van der Waals surface area contributed by atoms with Crippen LogP contribution in [0.3, 0.4) is 0 Å². The van der Waals surface area contributed by atoms with Crippen molar-refractivity contribution in [3.8, 4) is 0 Å². The molecule has 1 aromatic rings. The number of amides is 1. The molecule has 2 heterocycles. The van der Waals surface area contributed by atoms with Crippen LogP contribution in [0.4, 0.5) is 13.2 Å². The second kappa shape index (κ2) is 8.28. The van der Waals surface area contributed by atoms with Crippen LogP contribution in [-0.2, 0) is 20.5 Å². The maximum absolute atomic E-state index is 12.5. The van der Waals surface area contributed by atoms with Gasteiger partial charge in [-0.15, -0.1) is 10.2 Å². The number of nitrogens with one attached hydrogen (secondary N) is 1. The fourth-order valence-corrected chi connectivity index (χ4v) is 2.49. The van der Waals surface area contributed by atoms with E-state index in [1.54, 1.807) is 6.92 Å². The van der Waals surface area contributed by atoms with E-state index in [2.05, 4.69) is 15.5 Å². The van der Waals surface area contributed by atoms with E-state index in [0.29, 0.717) is 25.9 Å². The molecule has 25 heavy (non-hydrogen) atoms. The minimum Gasteiger partial charge on any atom is -0.465 e. The van der Waals surface area contributed by atoms with Crippen LogP contribution in [0.2, 0.25) is 0 Å². The monoisotopic (exact) mass is 364 g/mol. The molecule has 0 unspecified atom stereocenters. The van der Waals surface area contributed by atoms with Crippen molar-refractivity contribution in [2.24, 2.45) is 0 Å². The van der Waals surface area contributed by atoms with Crippen LogP contribution in [-0.4, -0.2) is 59.8 Å². The SMILES string of the molecule is CCOC(=O)CNC(=O)CN1CCC(c2nnc(C(F)(F)F)o2)CC1. The Bertz CT molecular complexity index is 597. The van der Waals surface area contributed by atoms with Gasteiger partial charge in [-0.25, -0.2) is 0 Å². The second-order valence-electron chi connectivity index (χ2n) is 5.58. The summed E-state index contributed by atoms with van der Waals surface area (Å²) >= 11 is 0. The first-order valence-electron chi connectivity index (χ1n) is 7.85. The van der Waals surface area contributed by atoms with Gasteiger partial charge in [-0.1, -0.05) is 0 Å². The van der Waals surface area contributed by atoms with Crippen molar-refractivity contribution in [2.45, 2.75) is 31.9 Å². The van der Waals surface area contributed by atoms with Crippen molar-refractivity contribution in [1.82, 2.24) is 20.4 Å². The van der Waals surface area contributed by atoms with Gasteiger partial charge in [-0.05, 0) is 32.9 Å². The highest BCUT2D eigenvalue weighted by atomic mass is 19.4. The summed E-state index contributed by atoms with van der Waals surface area (Å²) in [5.41, 5.74) is 0. The standard InChI is InChI=1S/C14H19F3N4O4/c1-2-24-11(23)7-18-10(22)8-21-5-3-9(4-6-21)12-19-20-13(25-12)14(15,16)17/h9H,2-8H2,1H3,(H,18,22). The summed E-state index contributed by atoms with van der Waals surface area (Å²) < 4.78 is 46.8. The van der Waals surface area contributed by atoms with E-state index in [1.165, 1.54) is 0 Å². The fraction of sp³-hybridized carbons (Fsp3) is 0.714. The van der Waals surface area contributed by atoms with Crippen LogP contribution in [0.1, 0.15) is 37.5 Å². The number of hydrogen-bond donors (Lipinski definition) is 1.